The van der Waals surface area contributed by atoms with Crippen LogP contribution in [0.25, 0.3) is 0 Å². The molecule has 17 heavy (non-hydrogen) atoms. The summed E-state index contributed by atoms with van der Waals surface area (Å²) in [6.07, 6.45) is -5.16. The van der Waals surface area contributed by atoms with Crippen LogP contribution < -0.4 is 0 Å². The molecule has 5 N–H and O–H groups in total. The zero-order valence-corrected chi connectivity index (χ0v) is 9.79. The smallest absolute Gasteiger partial charge is 0.304 e. The zero-order valence-electron chi connectivity index (χ0n) is 8.97. The first-order chi connectivity index (χ1) is 7.97. The number of carbonyl (C=O) groups is 1. The van der Waals surface area contributed by atoms with E-state index in [2.05, 4.69) is 0 Å². The minimum Gasteiger partial charge on any atom is -0.481 e. The Hall–Kier alpha value is -0.380. The molecule has 5 atom stereocenters. The van der Waals surface area contributed by atoms with Crippen LogP contribution in [0.4, 0.5) is 0 Å². The lowest BCUT2D eigenvalue weighted by Crippen LogP contribution is -2.57. The van der Waals surface area contributed by atoms with Crippen LogP contribution >= 0.6 is 11.8 Å². The van der Waals surface area contributed by atoms with E-state index in [1.807, 2.05) is 0 Å². The number of aliphatic hydroxyl groups excluding tert-OH is 4. The highest BCUT2D eigenvalue weighted by molar-refractivity contribution is 7.99. The number of hydrogen-bond acceptors (Lipinski definition) is 7. The Morgan fingerprint density at radius 1 is 1.18 bits per heavy atom. The minimum atomic E-state index is -1.41. The summed E-state index contributed by atoms with van der Waals surface area (Å²) in [5, 5.41) is 45.9. The second kappa shape index (κ2) is 6.53. The Labute approximate surface area is 102 Å². The first-order valence-corrected chi connectivity index (χ1v) is 6.16. The van der Waals surface area contributed by atoms with E-state index in [0.29, 0.717) is 0 Å². The summed E-state index contributed by atoms with van der Waals surface area (Å²) in [4.78, 5) is 10.3. The Morgan fingerprint density at radius 3 is 2.35 bits per heavy atom. The van der Waals surface area contributed by atoms with Crippen LogP contribution in [-0.4, -0.2) is 73.7 Å². The van der Waals surface area contributed by atoms with E-state index in [4.69, 9.17) is 14.9 Å². The van der Waals surface area contributed by atoms with Crippen molar-refractivity contribution < 1.29 is 35.1 Å². The third kappa shape index (κ3) is 3.80. The van der Waals surface area contributed by atoms with Gasteiger partial charge in [-0.3, -0.25) is 4.79 Å². The normalized spacial score (nSPS) is 38.0. The van der Waals surface area contributed by atoms with Crippen molar-refractivity contribution in [3.8, 4) is 0 Å². The van der Waals surface area contributed by atoms with E-state index in [9.17, 15) is 20.1 Å². The molecule has 0 saturated carbocycles. The van der Waals surface area contributed by atoms with E-state index in [1.165, 1.54) is 0 Å². The van der Waals surface area contributed by atoms with Gasteiger partial charge in [0.05, 0.1) is 13.0 Å². The number of carboxylic acids is 1. The predicted molar refractivity (Wildman–Crippen MR) is 58.5 cm³/mol. The molecule has 0 amide bonds. The first-order valence-electron chi connectivity index (χ1n) is 5.11. The van der Waals surface area contributed by atoms with E-state index < -0.39 is 42.4 Å². The molecule has 0 radical (unpaired) electrons. The van der Waals surface area contributed by atoms with Crippen molar-refractivity contribution in [1.29, 1.82) is 0 Å². The summed E-state index contributed by atoms with van der Waals surface area (Å²) in [7, 11) is 0. The second-order valence-corrected chi connectivity index (χ2v) is 4.92. The van der Waals surface area contributed by atoms with Gasteiger partial charge in [-0.1, -0.05) is 0 Å². The van der Waals surface area contributed by atoms with Crippen molar-refractivity contribution in [2.24, 2.45) is 0 Å². The largest absolute Gasteiger partial charge is 0.481 e. The lowest BCUT2D eigenvalue weighted by molar-refractivity contribution is -0.205. The molecule has 0 aromatic heterocycles. The lowest BCUT2D eigenvalue weighted by atomic mass is 10.0. The molecule has 100 valence electrons. The molecule has 1 unspecified atom stereocenters. The molecule has 0 aliphatic carbocycles. The summed E-state index contributed by atoms with van der Waals surface area (Å²) < 4.78 is 5.17. The van der Waals surface area contributed by atoms with Crippen molar-refractivity contribution in [3.63, 3.8) is 0 Å². The van der Waals surface area contributed by atoms with Gasteiger partial charge in [0.2, 0.25) is 0 Å². The van der Waals surface area contributed by atoms with Gasteiger partial charge in [0.25, 0.3) is 0 Å². The van der Waals surface area contributed by atoms with Crippen molar-refractivity contribution in [3.05, 3.63) is 0 Å². The summed E-state index contributed by atoms with van der Waals surface area (Å²) >= 11 is 1.02. The molecule has 0 aromatic rings. The number of thioether (sulfide) groups is 1. The number of hydrogen-bond donors (Lipinski definition) is 5. The molecule has 1 fully saturated rings. The van der Waals surface area contributed by atoms with Crippen LogP contribution in [0.3, 0.4) is 0 Å². The van der Waals surface area contributed by atoms with Crippen molar-refractivity contribution in [2.75, 3.05) is 12.4 Å². The highest BCUT2D eigenvalue weighted by Crippen LogP contribution is 2.28. The molecule has 8 heteroatoms. The van der Waals surface area contributed by atoms with Crippen LogP contribution in [-0.2, 0) is 9.53 Å². The Kier molecular flexibility index (Phi) is 5.63. The number of carboxylic acid groups (broad SMARTS) is 1. The highest BCUT2D eigenvalue weighted by Gasteiger charge is 2.43. The topological polar surface area (TPSA) is 127 Å². The summed E-state index contributed by atoms with van der Waals surface area (Å²) in [6.45, 7) is -0.485. The number of aliphatic carboxylic acids is 1. The van der Waals surface area contributed by atoms with Gasteiger partial charge < -0.3 is 30.3 Å². The Balaban J connectivity index is 2.50. The minimum absolute atomic E-state index is 0.0975. The maximum Gasteiger partial charge on any atom is 0.304 e. The molecule has 0 aromatic carbocycles. The van der Waals surface area contributed by atoms with Crippen molar-refractivity contribution >= 4 is 17.7 Å². The SMILES string of the molecule is O=C(O)CCSC1O[C@@H](CO)[C@@H](O)[C@@H](O)[C@@H]1O. The fourth-order valence-corrected chi connectivity index (χ4v) is 2.57. The standard InChI is InChI=1S/C9H16O7S/c10-3-4-6(13)7(14)8(15)9(16-4)17-2-1-5(11)12/h4,6-10,13-15H,1-3H2,(H,11,12)/t4-,6+,7+,8-,9?/m0/s1. The maximum atomic E-state index is 10.3. The Bertz CT molecular complexity index is 260. The second-order valence-electron chi connectivity index (χ2n) is 3.71. The third-order valence-corrected chi connectivity index (χ3v) is 3.60. The molecular weight excluding hydrogens is 252 g/mol. The molecule has 7 nitrogen and oxygen atoms in total. The van der Waals surface area contributed by atoms with Crippen molar-refractivity contribution in [1.82, 2.24) is 0 Å². The third-order valence-electron chi connectivity index (χ3n) is 2.45. The quantitative estimate of drug-likeness (QED) is 0.387. The molecule has 1 aliphatic rings. The number of aliphatic hydroxyl groups is 4. The average Bonchev–Trinajstić information content (AvgIpc) is 2.29. The van der Waals surface area contributed by atoms with Gasteiger partial charge in [0, 0.05) is 5.75 Å². The van der Waals surface area contributed by atoms with E-state index >= 15 is 0 Å². The number of ether oxygens (including phenoxy) is 1. The monoisotopic (exact) mass is 268 g/mol. The van der Waals surface area contributed by atoms with Gasteiger partial charge in [-0.15, -0.1) is 11.8 Å². The maximum absolute atomic E-state index is 10.3. The fraction of sp³-hybridized carbons (Fsp3) is 0.889. The summed E-state index contributed by atoms with van der Waals surface area (Å²) in [5.74, 6) is -0.764. The summed E-state index contributed by atoms with van der Waals surface area (Å²) in [5.41, 5.74) is -0.857. The first kappa shape index (κ1) is 14.7. The molecule has 0 spiro atoms. The summed E-state index contributed by atoms with van der Waals surface area (Å²) in [6, 6.07) is 0. The van der Waals surface area contributed by atoms with Crippen LogP contribution in [0.1, 0.15) is 6.42 Å². The molecule has 0 bridgehead atoms. The molecular formula is C9H16O7S. The van der Waals surface area contributed by atoms with Crippen LogP contribution in [0.15, 0.2) is 0 Å². The van der Waals surface area contributed by atoms with E-state index in [1.54, 1.807) is 0 Å². The molecule has 1 saturated heterocycles. The average molecular weight is 268 g/mol. The number of rotatable bonds is 5. The van der Waals surface area contributed by atoms with Gasteiger partial charge in [0.15, 0.2) is 0 Å². The van der Waals surface area contributed by atoms with Gasteiger partial charge in [0.1, 0.15) is 29.9 Å². The van der Waals surface area contributed by atoms with Crippen LogP contribution in [0.2, 0.25) is 0 Å². The van der Waals surface area contributed by atoms with Crippen LogP contribution in [0.5, 0.6) is 0 Å². The highest BCUT2D eigenvalue weighted by atomic mass is 32.2. The molecule has 1 heterocycles. The van der Waals surface area contributed by atoms with Gasteiger partial charge >= 0.3 is 5.97 Å². The zero-order chi connectivity index (χ0) is 13.0. The fourth-order valence-electron chi connectivity index (χ4n) is 1.47. The van der Waals surface area contributed by atoms with Gasteiger partial charge in [-0.05, 0) is 0 Å². The van der Waals surface area contributed by atoms with E-state index in [-0.39, 0.29) is 12.2 Å². The van der Waals surface area contributed by atoms with Crippen molar-refractivity contribution in [2.45, 2.75) is 36.3 Å². The molecule has 1 rings (SSSR count). The van der Waals surface area contributed by atoms with Gasteiger partial charge in [-0.2, -0.15) is 0 Å². The van der Waals surface area contributed by atoms with Gasteiger partial charge in [-0.25, -0.2) is 0 Å². The Morgan fingerprint density at radius 2 is 1.82 bits per heavy atom. The molecule has 1 aliphatic heterocycles. The van der Waals surface area contributed by atoms with E-state index in [0.717, 1.165) is 11.8 Å². The predicted octanol–water partition coefficient (Wildman–Crippen LogP) is -2.01. The van der Waals surface area contributed by atoms with Crippen LogP contribution in [0, 0.1) is 0 Å². The lowest BCUT2D eigenvalue weighted by Gasteiger charge is -2.39.